The lowest BCUT2D eigenvalue weighted by atomic mass is 10.2. The number of fused-ring (bicyclic) bond motifs is 1. The van der Waals surface area contributed by atoms with E-state index >= 15 is 0 Å². The Hall–Kier alpha value is -1.31. The molecule has 0 aliphatic carbocycles. The van der Waals surface area contributed by atoms with Crippen LogP contribution in [0.5, 0.6) is 0 Å². The van der Waals surface area contributed by atoms with Crippen LogP contribution in [0.3, 0.4) is 0 Å². The first-order chi connectivity index (χ1) is 5.27. The van der Waals surface area contributed by atoms with Gasteiger partial charge in [-0.1, -0.05) is 0 Å². The Morgan fingerprint density at radius 1 is 1.45 bits per heavy atom. The number of hydrogen-bond donors (Lipinski definition) is 0. The SMILES string of the molecule is Cn1[c]cc2ccc(F)cc21. The van der Waals surface area contributed by atoms with Gasteiger partial charge in [-0.15, -0.1) is 0 Å². The van der Waals surface area contributed by atoms with Gasteiger partial charge in [0.05, 0.1) is 11.7 Å². The van der Waals surface area contributed by atoms with Crippen LogP contribution in [-0.4, -0.2) is 4.57 Å². The summed E-state index contributed by atoms with van der Waals surface area (Å²) in [4.78, 5) is 0. The molecule has 2 rings (SSSR count). The molecule has 11 heavy (non-hydrogen) atoms. The molecule has 1 radical (unpaired) electrons. The molecule has 0 spiro atoms. The Balaban J connectivity index is 2.87. The number of hydrogen-bond acceptors (Lipinski definition) is 0. The van der Waals surface area contributed by atoms with Crippen molar-refractivity contribution >= 4 is 10.9 Å². The summed E-state index contributed by atoms with van der Waals surface area (Å²) in [5.41, 5.74) is 0.880. The quantitative estimate of drug-likeness (QED) is 0.539. The molecule has 1 aromatic heterocycles. The maximum absolute atomic E-state index is 12.7. The average molecular weight is 148 g/mol. The predicted octanol–water partition coefficient (Wildman–Crippen LogP) is 2.12. The van der Waals surface area contributed by atoms with Crippen molar-refractivity contribution in [3.8, 4) is 0 Å². The van der Waals surface area contributed by atoms with E-state index in [4.69, 9.17) is 0 Å². The average Bonchev–Trinajstić information content (AvgIpc) is 2.33. The summed E-state index contributed by atoms with van der Waals surface area (Å²) < 4.78 is 14.4. The molecule has 2 aromatic rings. The van der Waals surface area contributed by atoms with Crippen LogP contribution < -0.4 is 0 Å². The Bertz CT molecular complexity index is 389. The minimum absolute atomic E-state index is 0.201. The first kappa shape index (κ1) is 6.40. The molecule has 0 saturated carbocycles. The van der Waals surface area contributed by atoms with Gasteiger partial charge in [-0.2, -0.15) is 0 Å². The molecule has 0 amide bonds. The van der Waals surface area contributed by atoms with Crippen LogP contribution in [0.15, 0.2) is 24.3 Å². The summed E-state index contributed by atoms with van der Waals surface area (Å²) in [6.07, 6.45) is 2.95. The fourth-order valence-electron chi connectivity index (χ4n) is 1.17. The molecule has 0 fully saturated rings. The molecule has 1 heterocycles. The molecule has 0 aliphatic rings. The monoisotopic (exact) mass is 148 g/mol. The van der Waals surface area contributed by atoms with E-state index in [0.717, 1.165) is 10.9 Å². The van der Waals surface area contributed by atoms with Gasteiger partial charge in [0.15, 0.2) is 0 Å². The highest BCUT2D eigenvalue weighted by atomic mass is 19.1. The van der Waals surface area contributed by atoms with Crippen molar-refractivity contribution < 1.29 is 4.39 Å². The standard InChI is InChI=1S/C9H7FN/c1-11-5-4-7-2-3-8(10)6-9(7)11/h2-4,6H,1H3. The van der Waals surface area contributed by atoms with Gasteiger partial charge >= 0.3 is 0 Å². The van der Waals surface area contributed by atoms with E-state index in [9.17, 15) is 4.39 Å². The van der Waals surface area contributed by atoms with Crippen LogP contribution in [0.4, 0.5) is 4.39 Å². The lowest BCUT2D eigenvalue weighted by Gasteiger charge is -1.94. The first-order valence-electron chi connectivity index (χ1n) is 3.40. The first-order valence-corrected chi connectivity index (χ1v) is 3.40. The summed E-state index contributed by atoms with van der Waals surface area (Å²) in [7, 11) is 1.85. The predicted molar refractivity (Wildman–Crippen MR) is 41.7 cm³/mol. The van der Waals surface area contributed by atoms with Crippen LogP contribution in [0.2, 0.25) is 0 Å². The van der Waals surface area contributed by atoms with Gasteiger partial charge in [0.2, 0.25) is 0 Å². The topological polar surface area (TPSA) is 4.93 Å². The number of aryl methyl sites for hydroxylation is 1. The van der Waals surface area contributed by atoms with Crippen LogP contribution in [0.25, 0.3) is 10.9 Å². The third-order valence-corrected chi connectivity index (χ3v) is 1.77. The zero-order chi connectivity index (χ0) is 7.84. The molecule has 0 N–H and O–H groups in total. The summed E-state index contributed by atoms with van der Waals surface area (Å²) >= 11 is 0. The van der Waals surface area contributed by atoms with Crippen molar-refractivity contribution in [3.05, 3.63) is 36.3 Å². The highest BCUT2D eigenvalue weighted by molar-refractivity contribution is 5.79. The zero-order valence-corrected chi connectivity index (χ0v) is 6.13. The lowest BCUT2D eigenvalue weighted by Crippen LogP contribution is -1.84. The highest BCUT2D eigenvalue weighted by Gasteiger charge is 1.97. The number of halogens is 1. The van der Waals surface area contributed by atoms with Crippen molar-refractivity contribution in [2.75, 3.05) is 0 Å². The van der Waals surface area contributed by atoms with Crippen molar-refractivity contribution in [1.82, 2.24) is 4.57 Å². The second-order valence-electron chi connectivity index (χ2n) is 2.54. The highest BCUT2D eigenvalue weighted by Crippen LogP contribution is 2.14. The number of nitrogens with zero attached hydrogens (tertiary/aromatic N) is 1. The molecule has 2 heteroatoms. The van der Waals surface area contributed by atoms with Crippen LogP contribution >= 0.6 is 0 Å². The molecular formula is C9H7FN. The molecule has 1 aromatic carbocycles. The fourth-order valence-corrected chi connectivity index (χ4v) is 1.17. The molecule has 0 atom stereocenters. The van der Waals surface area contributed by atoms with Crippen LogP contribution in [-0.2, 0) is 7.05 Å². The molecular weight excluding hydrogens is 141 g/mol. The van der Waals surface area contributed by atoms with E-state index in [-0.39, 0.29) is 5.82 Å². The Morgan fingerprint density at radius 3 is 3.09 bits per heavy atom. The van der Waals surface area contributed by atoms with E-state index in [2.05, 4.69) is 6.20 Å². The summed E-state index contributed by atoms with van der Waals surface area (Å²) in [5, 5.41) is 1.02. The number of benzene rings is 1. The molecule has 0 bridgehead atoms. The molecule has 1 nitrogen and oxygen atoms in total. The Kier molecular flexibility index (Phi) is 1.22. The minimum Gasteiger partial charge on any atom is -0.342 e. The van der Waals surface area contributed by atoms with Crippen molar-refractivity contribution in [1.29, 1.82) is 0 Å². The van der Waals surface area contributed by atoms with E-state index in [1.807, 2.05) is 13.1 Å². The van der Waals surface area contributed by atoms with Gasteiger partial charge in [0, 0.05) is 12.4 Å². The second-order valence-corrected chi connectivity index (χ2v) is 2.54. The van der Waals surface area contributed by atoms with Crippen molar-refractivity contribution in [3.63, 3.8) is 0 Å². The fraction of sp³-hybridized carbons (Fsp3) is 0.111. The smallest absolute Gasteiger partial charge is 0.125 e. The number of rotatable bonds is 0. The van der Waals surface area contributed by atoms with E-state index in [0.29, 0.717) is 0 Å². The van der Waals surface area contributed by atoms with Gasteiger partial charge in [-0.3, -0.25) is 0 Å². The van der Waals surface area contributed by atoms with Crippen molar-refractivity contribution in [2.45, 2.75) is 0 Å². The minimum atomic E-state index is -0.201. The summed E-state index contributed by atoms with van der Waals surface area (Å²) in [6, 6.07) is 6.55. The molecule has 55 valence electrons. The molecule has 0 saturated heterocycles. The van der Waals surface area contributed by atoms with Gasteiger partial charge in [-0.25, -0.2) is 4.39 Å². The Morgan fingerprint density at radius 2 is 2.27 bits per heavy atom. The van der Waals surface area contributed by atoms with E-state index in [1.165, 1.54) is 12.1 Å². The van der Waals surface area contributed by atoms with Crippen LogP contribution in [0.1, 0.15) is 0 Å². The van der Waals surface area contributed by atoms with Gasteiger partial charge in [0.25, 0.3) is 0 Å². The van der Waals surface area contributed by atoms with E-state index in [1.54, 1.807) is 10.6 Å². The molecule has 0 unspecified atom stereocenters. The second kappa shape index (κ2) is 2.09. The van der Waals surface area contributed by atoms with Gasteiger partial charge in [-0.05, 0) is 24.3 Å². The van der Waals surface area contributed by atoms with Gasteiger partial charge in [0.1, 0.15) is 5.82 Å². The maximum Gasteiger partial charge on any atom is 0.125 e. The lowest BCUT2D eigenvalue weighted by molar-refractivity contribution is 0.629. The van der Waals surface area contributed by atoms with Crippen molar-refractivity contribution in [2.24, 2.45) is 7.05 Å². The van der Waals surface area contributed by atoms with Gasteiger partial charge < -0.3 is 4.57 Å². The third-order valence-electron chi connectivity index (χ3n) is 1.77. The number of aromatic nitrogens is 1. The maximum atomic E-state index is 12.7. The molecule has 0 aliphatic heterocycles. The third kappa shape index (κ3) is 0.909. The zero-order valence-electron chi connectivity index (χ0n) is 6.13. The normalized spacial score (nSPS) is 10.7. The summed E-state index contributed by atoms with van der Waals surface area (Å²) in [6.45, 7) is 0. The van der Waals surface area contributed by atoms with E-state index < -0.39 is 0 Å². The summed E-state index contributed by atoms with van der Waals surface area (Å²) in [5.74, 6) is -0.201. The Labute approximate surface area is 64.1 Å². The largest absolute Gasteiger partial charge is 0.342 e. The van der Waals surface area contributed by atoms with Crippen LogP contribution in [0, 0.1) is 12.0 Å².